The van der Waals surface area contributed by atoms with Crippen LogP contribution in [-0.4, -0.2) is 68.2 Å². The highest BCUT2D eigenvalue weighted by molar-refractivity contribution is 7.89. The van der Waals surface area contributed by atoms with Crippen molar-refractivity contribution in [2.75, 3.05) is 39.4 Å². The number of sulfonamides is 1. The molecule has 33 heavy (non-hydrogen) atoms. The van der Waals surface area contributed by atoms with E-state index >= 15 is 0 Å². The van der Waals surface area contributed by atoms with Gasteiger partial charge in [-0.1, -0.05) is 23.4 Å². The highest BCUT2D eigenvalue weighted by Gasteiger charge is 2.35. The number of aromatic nitrogens is 1. The number of fused-ring (bicyclic) bond motifs is 1. The van der Waals surface area contributed by atoms with Crippen molar-refractivity contribution in [2.45, 2.75) is 36.1 Å². The summed E-state index contributed by atoms with van der Waals surface area (Å²) in [6.45, 7) is 4.05. The molecule has 9 heteroatoms. The molecule has 0 bridgehead atoms. The standard InChI is InChI=1S/C24H28FN3O4S/c25-19-7-8-22-23(15-19)32-26-24(22)18-9-13-27(14-10-18)11-4-12-28(20-16-31-17-20)33(29,30)21-5-2-1-3-6-21/h1-3,5-8,15,18,20H,4,9-14,16-17H2. The third kappa shape index (κ3) is 4.68. The van der Waals surface area contributed by atoms with Crippen LogP contribution in [0.3, 0.4) is 0 Å². The Balaban J connectivity index is 1.16. The number of likely N-dealkylation sites (tertiary alicyclic amines) is 1. The number of benzene rings is 2. The molecular weight excluding hydrogens is 445 g/mol. The first-order valence-electron chi connectivity index (χ1n) is 11.4. The summed E-state index contributed by atoms with van der Waals surface area (Å²) in [5.74, 6) is -0.0353. The summed E-state index contributed by atoms with van der Waals surface area (Å²) >= 11 is 0. The lowest BCUT2D eigenvalue weighted by Gasteiger charge is -2.37. The molecule has 0 amide bonds. The van der Waals surface area contributed by atoms with E-state index in [1.54, 1.807) is 34.6 Å². The number of piperidine rings is 1. The molecule has 0 spiro atoms. The summed E-state index contributed by atoms with van der Waals surface area (Å²) in [6.07, 6.45) is 2.66. The second-order valence-corrected chi connectivity index (χ2v) is 10.7. The maximum absolute atomic E-state index is 13.4. The minimum atomic E-state index is -3.54. The number of hydrogen-bond donors (Lipinski definition) is 0. The van der Waals surface area contributed by atoms with Crippen LogP contribution in [-0.2, 0) is 14.8 Å². The van der Waals surface area contributed by atoms with E-state index < -0.39 is 10.0 Å². The van der Waals surface area contributed by atoms with E-state index in [9.17, 15) is 12.8 Å². The summed E-state index contributed by atoms with van der Waals surface area (Å²) in [7, 11) is -3.54. The van der Waals surface area contributed by atoms with Gasteiger partial charge in [0, 0.05) is 23.9 Å². The van der Waals surface area contributed by atoms with Gasteiger partial charge in [0.1, 0.15) is 5.82 Å². The van der Waals surface area contributed by atoms with Crippen molar-refractivity contribution in [2.24, 2.45) is 0 Å². The third-order valence-corrected chi connectivity index (χ3v) is 8.63. The first-order chi connectivity index (χ1) is 16.0. The zero-order valence-electron chi connectivity index (χ0n) is 18.4. The van der Waals surface area contributed by atoms with Crippen LogP contribution in [0.15, 0.2) is 57.9 Å². The Morgan fingerprint density at radius 2 is 1.85 bits per heavy atom. The van der Waals surface area contributed by atoms with Crippen molar-refractivity contribution < 1.29 is 22.1 Å². The van der Waals surface area contributed by atoms with E-state index in [0.717, 1.165) is 50.0 Å². The summed E-state index contributed by atoms with van der Waals surface area (Å²) in [5, 5.41) is 5.10. The van der Waals surface area contributed by atoms with E-state index in [1.807, 2.05) is 6.07 Å². The molecule has 5 rings (SSSR count). The molecule has 176 valence electrons. The quantitative estimate of drug-likeness (QED) is 0.497. The Labute approximate surface area is 193 Å². The van der Waals surface area contributed by atoms with Crippen molar-refractivity contribution in [1.29, 1.82) is 0 Å². The van der Waals surface area contributed by atoms with E-state index in [4.69, 9.17) is 9.26 Å². The molecule has 7 nitrogen and oxygen atoms in total. The average molecular weight is 474 g/mol. The van der Waals surface area contributed by atoms with Crippen LogP contribution in [0.5, 0.6) is 0 Å². The van der Waals surface area contributed by atoms with Gasteiger partial charge in [0.25, 0.3) is 0 Å². The smallest absolute Gasteiger partial charge is 0.243 e. The molecule has 3 aromatic rings. The molecular formula is C24H28FN3O4S. The lowest BCUT2D eigenvalue weighted by atomic mass is 9.91. The first-order valence-corrected chi connectivity index (χ1v) is 12.9. The Hall–Kier alpha value is -2.33. The zero-order chi connectivity index (χ0) is 22.8. The van der Waals surface area contributed by atoms with Crippen molar-refractivity contribution >= 4 is 21.0 Å². The first kappa shape index (κ1) is 22.5. The number of nitrogens with zero attached hydrogens (tertiary/aromatic N) is 3. The Kier molecular flexibility index (Phi) is 6.47. The van der Waals surface area contributed by atoms with Crippen molar-refractivity contribution in [1.82, 2.24) is 14.4 Å². The van der Waals surface area contributed by atoms with Gasteiger partial charge in [0.2, 0.25) is 10.0 Å². The lowest BCUT2D eigenvalue weighted by molar-refractivity contribution is -0.0373. The van der Waals surface area contributed by atoms with Crippen LogP contribution in [0, 0.1) is 5.82 Å². The predicted octanol–water partition coefficient (Wildman–Crippen LogP) is 3.63. The molecule has 2 aliphatic heterocycles. The summed E-state index contributed by atoms with van der Waals surface area (Å²) < 4.78 is 52.0. The van der Waals surface area contributed by atoms with E-state index in [1.165, 1.54) is 12.1 Å². The highest BCUT2D eigenvalue weighted by Crippen LogP contribution is 2.33. The normalized spacial score (nSPS) is 18.7. The van der Waals surface area contributed by atoms with E-state index in [-0.39, 0.29) is 17.8 Å². The molecule has 0 saturated carbocycles. The lowest BCUT2D eigenvalue weighted by Crippen LogP contribution is -2.52. The maximum atomic E-state index is 13.4. The van der Waals surface area contributed by atoms with Gasteiger partial charge in [-0.05, 0) is 63.2 Å². The number of halogens is 1. The third-order valence-electron chi connectivity index (χ3n) is 6.67. The summed E-state index contributed by atoms with van der Waals surface area (Å²) in [6, 6.07) is 13.1. The van der Waals surface area contributed by atoms with Crippen LogP contribution >= 0.6 is 0 Å². The van der Waals surface area contributed by atoms with Gasteiger partial charge in [-0.3, -0.25) is 0 Å². The predicted molar refractivity (Wildman–Crippen MR) is 122 cm³/mol. The van der Waals surface area contributed by atoms with Crippen LogP contribution in [0.2, 0.25) is 0 Å². The van der Waals surface area contributed by atoms with Gasteiger partial charge < -0.3 is 14.2 Å². The number of hydrogen-bond acceptors (Lipinski definition) is 6. The molecule has 0 N–H and O–H groups in total. The minimum Gasteiger partial charge on any atom is -0.378 e. The SMILES string of the molecule is O=S(=O)(c1ccccc1)N(CCCN1CCC(c2noc3cc(F)ccc23)CC1)C1COC1. The van der Waals surface area contributed by atoms with Crippen molar-refractivity contribution in [3.05, 3.63) is 60.0 Å². The topological polar surface area (TPSA) is 75.9 Å². The van der Waals surface area contributed by atoms with Crippen molar-refractivity contribution in [3.8, 4) is 0 Å². The monoisotopic (exact) mass is 473 g/mol. The van der Waals surface area contributed by atoms with Gasteiger partial charge in [-0.15, -0.1) is 0 Å². The highest BCUT2D eigenvalue weighted by atomic mass is 32.2. The second-order valence-electron chi connectivity index (χ2n) is 8.80. The Morgan fingerprint density at radius 3 is 2.55 bits per heavy atom. The van der Waals surface area contributed by atoms with Crippen LogP contribution < -0.4 is 0 Å². The van der Waals surface area contributed by atoms with Gasteiger partial charge in [-0.2, -0.15) is 4.31 Å². The molecule has 2 aromatic carbocycles. The van der Waals surface area contributed by atoms with Gasteiger partial charge >= 0.3 is 0 Å². The Bertz CT molecular complexity index is 1190. The molecule has 3 heterocycles. The molecule has 1 aromatic heterocycles. The fourth-order valence-corrected chi connectivity index (χ4v) is 6.38. The largest absolute Gasteiger partial charge is 0.378 e. The van der Waals surface area contributed by atoms with Crippen LogP contribution in [0.4, 0.5) is 4.39 Å². The molecule has 0 atom stereocenters. The summed E-state index contributed by atoms with van der Waals surface area (Å²) in [4.78, 5) is 2.71. The fourth-order valence-electron chi connectivity index (χ4n) is 4.72. The summed E-state index contributed by atoms with van der Waals surface area (Å²) in [5.41, 5.74) is 1.40. The maximum Gasteiger partial charge on any atom is 0.243 e. The fraction of sp³-hybridized carbons (Fsp3) is 0.458. The second kappa shape index (κ2) is 9.50. The number of ether oxygens (including phenoxy) is 1. The molecule has 2 saturated heterocycles. The van der Waals surface area contributed by atoms with Crippen molar-refractivity contribution in [3.63, 3.8) is 0 Å². The molecule has 0 unspecified atom stereocenters. The van der Waals surface area contributed by atoms with Gasteiger partial charge in [0.15, 0.2) is 5.58 Å². The van der Waals surface area contributed by atoms with Gasteiger partial charge in [0.05, 0.1) is 29.8 Å². The average Bonchev–Trinajstić information content (AvgIpc) is 3.21. The molecule has 0 radical (unpaired) electrons. The van der Waals surface area contributed by atoms with E-state index in [2.05, 4.69) is 10.1 Å². The molecule has 2 fully saturated rings. The minimum absolute atomic E-state index is 0.0915. The Morgan fingerprint density at radius 1 is 1.09 bits per heavy atom. The molecule has 0 aliphatic carbocycles. The van der Waals surface area contributed by atoms with Crippen LogP contribution in [0.1, 0.15) is 30.9 Å². The number of rotatable bonds is 8. The van der Waals surface area contributed by atoms with Gasteiger partial charge in [-0.25, -0.2) is 12.8 Å². The van der Waals surface area contributed by atoms with Crippen LogP contribution in [0.25, 0.3) is 11.0 Å². The van der Waals surface area contributed by atoms with E-state index in [0.29, 0.717) is 30.2 Å². The molecule has 2 aliphatic rings. The zero-order valence-corrected chi connectivity index (χ0v) is 19.2.